The summed E-state index contributed by atoms with van der Waals surface area (Å²) in [6, 6.07) is 11.7. The van der Waals surface area contributed by atoms with Gasteiger partial charge in [-0.1, -0.05) is 31.2 Å². The number of alkyl halides is 3. The van der Waals surface area contributed by atoms with Crippen molar-refractivity contribution in [3.8, 4) is 0 Å². The number of rotatable bonds is 4. The van der Waals surface area contributed by atoms with Crippen molar-refractivity contribution < 1.29 is 18.0 Å². The highest BCUT2D eigenvalue weighted by atomic mass is 19.4. The maximum absolute atomic E-state index is 12.8. The number of aromatic nitrogens is 1. The molecule has 1 heterocycles. The molecule has 1 aromatic heterocycles. The van der Waals surface area contributed by atoms with E-state index < -0.39 is 23.3 Å². The fraction of sp³-hybridized carbons (Fsp3) is 0.238. The van der Waals surface area contributed by atoms with Gasteiger partial charge in [0.15, 0.2) is 0 Å². The molecule has 0 saturated heterocycles. The van der Waals surface area contributed by atoms with E-state index in [1.807, 2.05) is 19.1 Å². The zero-order valence-electron chi connectivity index (χ0n) is 15.5. The molecule has 0 aliphatic rings. The van der Waals surface area contributed by atoms with Crippen LogP contribution in [0, 0.1) is 0 Å². The second-order valence-electron chi connectivity index (χ2n) is 6.74. The molecule has 3 rings (SSSR count). The number of benzene rings is 2. The van der Waals surface area contributed by atoms with Crippen molar-refractivity contribution in [2.45, 2.75) is 32.0 Å². The number of nitrogens with zero attached hydrogens (tertiary/aromatic N) is 1. The summed E-state index contributed by atoms with van der Waals surface area (Å²) in [4.78, 5) is 16.7. The topological polar surface area (TPSA) is 54.0 Å². The van der Waals surface area contributed by atoms with E-state index >= 15 is 0 Å². The molecule has 7 heteroatoms. The number of halogens is 3. The van der Waals surface area contributed by atoms with Gasteiger partial charge in [-0.25, -0.2) is 4.79 Å². The third-order valence-corrected chi connectivity index (χ3v) is 4.87. The van der Waals surface area contributed by atoms with Crippen LogP contribution in [0.1, 0.15) is 31.4 Å². The first-order valence-corrected chi connectivity index (χ1v) is 8.82. The average molecular weight is 387 g/mol. The molecule has 0 saturated carbocycles. The molecule has 146 valence electrons. The number of urea groups is 1. The van der Waals surface area contributed by atoms with Gasteiger partial charge in [-0.15, -0.1) is 0 Å². The third kappa shape index (κ3) is 4.08. The molecule has 1 unspecified atom stereocenters. The van der Waals surface area contributed by atoms with E-state index in [0.29, 0.717) is 17.7 Å². The molecular formula is C21H20F3N3O. The Balaban J connectivity index is 1.80. The molecule has 0 bridgehead atoms. The summed E-state index contributed by atoms with van der Waals surface area (Å²) in [6.45, 7) is 3.64. The molecule has 1 atom stereocenters. The highest BCUT2D eigenvalue weighted by molar-refractivity contribution is 6.01. The van der Waals surface area contributed by atoms with Crippen molar-refractivity contribution in [3.05, 3.63) is 72.1 Å². The van der Waals surface area contributed by atoms with Gasteiger partial charge < -0.3 is 10.6 Å². The van der Waals surface area contributed by atoms with Crippen LogP contribution < -0.4 is 10.6 Å². The summed E-state index contributed by atoms with van der Waals surface area (Å²) in [7, 11) is 0. The number of hydrogen-bond donors (Lipinski definition) is 2. The molecule has 0 fully saturated rings. The van der Waals surface area contributed by atoms with Crippen molar-refractivity contribution in [1.29, 1.82) is 0 Å². The van der Waals surface area contributed by atoms with Crippen LogP contribution in [-0.4, -0.2) is 11.0 Å². The number of anilines is 1. The van der Waals surface area contributed by atoms with Crippen LogP contribution in [0.15, 0.2) is 60.9 Å². The van der Waals surface area contributed by atoms with Crippen LogP contribution in [0.3, 0.4) is 0 Å². The summed E-state index contributed by atoms with van der Waals surface area (Å²) in [5, 5.41) is 7.44. The fourth-order valence-electron chi connectivity index (χ4n) is 3.03. The van der Waals surface area contributed by atoms with Gasteiger partial charge in [0.1, 0.15) is 0 Å². The summed E-state index contributed by atoms with van der Waals surface area (Å²) in [6.07, 6.45) is -0.541. The van der Waals surface area contributed by atoms with Gasteiger partial charge in [0.2, 0.25) is 0 Å². The number of fused-ring (bicyclic) bond motifs is 1. The van der Waals surface area contributed by atoms with Gasteiger partial charge >= 0.3 is 12.2 Å². The van der Waals surface area contributed by atoms with Gasteiger partial charge in [0, 0.05) is 23.2 Å². The number of amides is 2. The predicted octanol–water partition coefficient (Wildman–Crippen LogP) is 5.70. The maximum Gasteiger partial charge on any atom is 0.416 e. The lowest BCUT2D eigenvalue weighted by Gasteiger charge is -2.30. The monoisotopic (exact) mass is 387 g/mol. The number of carbonyl (C=O) groups is 1. The van der Waals surface area contributed by atoms with E-state index in [9.17, 15) is 18.0 Å². The van der Waals surface area contributed by atoms with Gasteiger partial charge in [0.25, 0.3) is 0 Å². The zero-order valence-corrected chi connectivity index (χ0v) is 15.5. The third-order valence-electron chi connectivity index (χ3n) is 4.87. The minimum atomic E-state index is -4.39. The second-order valence-corrected chi connectivity index (χ2v) is 6.74. The second kappa shape index (κ2) is 7.50. The van der Waals surface area contributed by atoms with Gasteiger partial charge in [-0.3, -0.25) is 4.98 Å². The van der Waals surface area contributed by atoms with E-state index in [2.05, 4.69) is 15.6 Å². The molecule has 2 amide bonds. The Morgan fingerprint density at radius 3 is 2.36 bits per heavy atom. The van der Waals surface area contributed by atoms with Gasteiger partial charge in [-0.05, 0) is 43.2 Å². The predicted molar refractivity (Wildman–Crippen MR) is 103 cm³/mol. The van der Waals surface area contributed by atoms with Crippen LogP contribution in [0.5, 0.6) is 0 Å². The maximum atomic E-state index is 12.8. The normalized spacial score (nSPS) is 13.8. The number of carbonyl (C=O) groups excluding carboxylic acids is 1. The Morgan fingerprint density at radius 2 is 1.71 bits per heavy atom. The number of pyridine rings is 1. The summed E-state index contributed by atoms with van der Waals surface area (Å²) >= 11 is 0. The molecule has 3 aromatic rings. The lowest BCUT2D eigenvalue weighted by atomic mass is 9.89. The first kappa shape index (κ1) is 19.7. The molecular weight excluding hydrogens is 367 g/mol. The Morgan fingerprint density at radius 1 is 1.04 bits per heavy atom. The SMILES string of the molecule is CCC(C)(NC(=O)Nc1cccc2cnccc12)c1ccc(C(F)(F)F)cc1. The quantitative estimate of drug-likeness (QED) is 0.603. The lowest BCUT2D eigenvalue weighted by Crippen LogP contribution is -2.45. The van der Waals surface area contributed by atoms with Crippen LogP contribution >= 0.6 is 0 Å². The van der Waals surface area contributed by atoms with Crippen LogP contribution in [0.25, 0.3) is 10.8 Å². The van der Waals surface area contributed by atoms with E-state index in [0.717, 1.165) is 22.9 Å². The van der Waals surface area contributed by atoms with Crippen molar-refractivity contribution in [2.75, 3.05) is 5.32 Å². The Labute approximate surface area is 160 Å². The molecule has 4 nitrogen and oxygen atoms in total. The standard InChI is InChI=1S/C21H20F3N3O/c1-3-20(2,15-7-9-16(10-8-15)21(22,23)24)27-19(28)26-18-6-4-5-14-13-25-12-11-17(14)18/h4-13H,3H2,1-2H3,(H2,26,27,28). The Bertz CT molecular complexity index is 981. The molecule has 0 spiro atoms. The average Bonchev–Trinajstić information content (AvgIpc) is 2.67. The first-order valence-electron chi connectivity index (χ1n) is 8.82. The van der Waals surface area contributed by atoms with E-state index in [-0.39, 0.29) is 0 Å². The van der Waals surface area contributed by atoms with Crippen molar-refractivity contribution in [3.63, 3.8) is 0 Å². The van der Waals surface area contributed by atoms with Crippen LogP contribution in [0.4, 0.5) is 23.7 Å². The van der Waals surface area contributed by atoms with E-state index in [4.69, 9.17) is 0 Å². The largest absolute Gasteiger partial charge is 0.416 e. The van der Waals surface area contributed by atoms with E-state index in [1.165, 1.54) is 12.1 Å². The number of nitrogens with one attached hydrogen (secondary N) is 2. The summed E-state index contributed by atoms with van der Waals surface area (Å²) in [5.74, 6) is 0. The molecule has 28 heavy (non-hydrogen) atoms. The van der Waals surface area contributed by atoms with Crippen LogP contribution in [0.2, 0.25) is 0 Å². The zero-order chi connectivity index (χ0) is 20.4. The first-order chi connectivity index (χ1) is 13.2. The molecule has 0 radical (unpaired) electrons. The van der Waals surface area contributed by atoms with Gasteiger partial charge in [-0.2, -0.15) is 13.2 Å². The smallest absolute Gasteiger partial charge is 0.329 e. The minimum absolute atomic E-state index is 0.437. The highest BCUT2D eigenvalue weighted by Crippen LogP contribution is 2.32. The summed E-state index contributed by atoms with van der Waals surface area (Å²) in [5.41, 5.74) is -0.313. The molecule has 2 N–H and O–H groups in total. The minimum Gasteiger partial charge on any atom is -0.329 e. The van der Waals surface area contributed by atoms with Crippen molar-refractivity contribution >= 4 is 22.5 Å². The lowest BCUT2D eigenvalue weighted by molar-refractivity contribution is -0.137. The Hall–Kier alpha value is -3.09. The van der Waals surface area contributed by atoms with E-state index in [1.54, 1.807) is 31.5 Å². The molecule has 2 aromatic carbocycles. The molecule has 0 aliphatic carbocycles. The fourth-order valence-corrected chi connectivity index (χ4v) is 3.03. The summed E-state index contributed by atoms with van der Waals surface area (Å²) < 4.78 is 38.4. The highest BCUT2D eigenvalue weighted by Gasteiger charge is 2.32. The number of hydrogen-bond acceptors (Lipinski definition) is 2. The molecule has 0 aliphatic heterocycles. The van der Waals surface area contributed by atoms with Gasteiger partial charge in [0.05, 0.1) is 16.8 Å². The van der Waals surface area contributed by atoms with Crippen LogP contribution in [-0.2, 0) is 11.7 Å². The van der Waals surface area contributed by atoms with Crippen molar-refractivity contribution in [2.24, 2.45) is 0 Å². The van der Waals surface area contributed by atoms with Crippen molar-refractivity contribution in [1.82, 2.24) is 10.3 Å². The Kier molecular flexibility index (Phi) is 5.27.